The molecule has 2 fully saturated rings. The fraction of sp³-hybridized carbons (Fsp3) is 0.409. The molecule has 2 aliphatic rings. The number of hydrogen-bond acceptors (Lipinski definition) is 4. The topological polar surface area (TPSA) is 44.8 Å². The molecule has 5 nitrogen and oxygen atoms in total. The molecule has 0 spiro atoms. The number of amides is 1. The lowest BCUT2D eigenvalue weighted by atomic mass is 10.2. The van der Waals surface area contributed by atoms with E-state index >= 15 is 0 Å². The van der Waals surface area contributed by atoms with Crippen molar-refractivity contribution < 1.29 is 9.53 Å². The smallest absolute Gasteiger partial charge is 0.238 e. The Hall–Kier alpha value is -2.37. The Bertz CT molecular complexity index is 738. The average molecular weight is 365 g/mol. The molecule has 1 saturated carbocycles. The van der Waals surface area contributed by atoms with Crippen LogP contribution in [0.2, 0.25) is 0 Å². The van der Waals surface area contributed by atoms with Crippen LogP contribution in [0.25, 0.3) is 0 Å². The van der Waals surface area contributed by atoms with E-state index in [4.69, 9.17) is 4.74 Å². The highest BCUT2D eigenvalue weighted by molar-refractivity contribution is 5.92. The van der Waals surface area contributed by atoms with Crippen molar-refractivity contribution >= 4 is 17.3 Å². The molecular formula is C22H27N3O2. The van der Waals surface area contributed by atoms with Gasteiger partial charge in [0.05, 0.1) is 19.8 Å². The molecule has 27 heavy (non-hydrogen) atoms. The van der Waals surface area contributed by atoms with Crippen LogP contribution in [-0.4, -0.2) is 49.7 Å². The predicted molar refractivity (Wildman–Crippen MR) is 108 cm³/mol. The van der Waals surface area contributed by atoms with E-state index in [1.165, 1.54) is 24.1 Å². The fourth-order valence-corrected chi connectivity index (χ4v) is 3.53. The van der Waals surface area contributed by atoms with Crippen molar-refractivity contribution in [2.75, 3.05) is 43.1 Å². The number of nitrogens with one attached hydrogen (secondary N) is 1. The van der Waals surface area contributed by atoms with Gasteiger partial charge in [-0.3, -0.25) is 9.69 Å². The second kappa shape index (κ2) is 8.55. The third kappa shape index (κ3) is 5.08. The molecule has 142 valence electrons. The van der Waals surface area contributed by atoms with Gasteiger partial charge in [-0.1, -0.05) is 30.3 Å². The number of anilines is 2. The first-order chi connectivity index (χ1) is 13.3. The maximum Gasteiger partial charge on any atom is 0.238 e. The monoisotopic (exact) mass is 365 g/mol. The van der Waals surface area contributed by atoms with Gasteiger partial charge in [0.25, 0.3) is 0 Å². The maximum atomic E-state index is 12.6. The number of hydrogen-bond donors (Lipinski definition) is 1. The highest BCUT2D eigenvalue weighted by Crippen LogP contribution is 2.28. The standard InChI is InChI=1S/C22H27N3O2/c26-22(17-25(21-10-11-21)16-18-4-2-1-3-5-18)23-19-6-8-20(9-7-19)24-12-14-27-15-13-24/h1-9,21H,10-17H2,(H,23,26). The molecule has 1 amide bonds. The largest absolute Gasteiger partial charge is 0.378 e. The zero-order chi connectivity index (χ0) is 18.5. The summed E-state index contributed by atoms with van der Waals surface area (Å²) in [5, 5.41) is 3.05. The number of nitrogens with zero attached hydrogens (tertiary/aromatic N) is 2. The molecule has 2 aromatic rings. The van der Waals surface area contributed by atoms with Gasteiger partial charge in [-0.05, 0) is 42.7 Å². The Morgan fingerprint density at radius 1 is 1.04 bits per heavy atom. The third-order valence-corrected chi connectivity index (χ3v) is 5.17. The molecule has 5 heteroatoms. The van der Waals surface area contributed by atoms with E-state index in [1.807, 2.05) is 18.2 Å². The van der Waals surface area contributed by atoms with Crippen molar-refractivity contribution in [3.8, 4) is 0 Å². The van der Waals surface area contributed by atoms with Gasteiger partial charge < -0.3 is 15.0 Å². The van der Waals surface area contributed by atoms with Crippen LogP contribution < -0.4 is 10.2 Å². The fourth-order valence-electron chi connectivity index (χ4n) is 3.53. The van der Waals surface area contributed by atoms with Gasteiger partial charge >= 0.3 is 0 Å². The number of morpholine rings is 1. The lowest BCUT2D eigenvalue weighted by Gasteiger charge is -2.29. The lowest BCUT2D eigenvalue weighted by molar-refractivity contribution is -0.117. The first kappa shape index (κ1) is 18.0. The molecule has 0 atom stereocenters. The second-order valence-corrected chi connectivity index (χ2v) is 7.32. The summed E-state index contributed by atoms with van der Waals surface area (Å²) in [6, 6.07) is 19.0. The molecule has 0 aromatic heterocycles. The molecule has 0 bridgehead atoms. The molecule has 0 radical (unpaired) electrons. The van der Waals surface area contributed by atoms with E-state index in [2.05, 4.69) is 51.5 Å². The van der Waals surface area contributed by atoms with Crippen molar-refractivity contribution in [3.05, 3.63) is 60.2 Å². The minimum absolute atomic E-state index is 0.0527. The summed E-state index contributed by atoms with van der Waals surface area (Å²) in [5.74, 6) is 0.0527. The Balaban J connectivity index is 1.32. The summed E-state index contributed by atoms with van der Waals surface area (Å²) < 4.78 is 5.40. The van der Waals surface area contributed by atoms with E-state index in [1.54, 1.807) is 0 Å². The highest BCUT2D eigenvalue weighted by Gasteiger charge is 2.30. The minimum atomic E-state index is 0.0527. The zero-order valence-corrected chi connectivity index (χ0v) is 15.6. The Kier molecular flexibility index (Phi) is 5.70. The van der Waals surface area contributed by atoms with Crippen molar-refractivity contribution in [3.63, 3.8) is 0 Å². The summed E-state index contributed by atoms with van der Waals surface area (Å²) in [4.78, 5) is 17.1. The first-order valence-electron chi connectivity index (χ1n) is 9.78. The molecule has 4 rings (SSSR count). The van der Waals surface area contributed by atoms with Crippen LogP contribution in [-0.2, 0) is 16.1 Å². The van der Waals surface area contributed by atoms with E-state index in [0.717, 1.165) is 38.5 Å². The van der Waals surface area contributed by atoms with Crippen LogP contribution in [0.3, 0.4) is 0 Å². The Morgan fingerprint density at radius 3 is 2.41 bits per heavy atom. The van der Waals surface area contributed by atoms with Gasteiger partial charge in [-0.15, -0.1) is 0 Å². The SMILES string of the molecule is O=C(CN(Cc1ccccc1)C1CC1)Nc1ccc(N2CCOCC2)cc1. The summed E-state index contributed by atoms with van der Waals surface area (Å²) in [7, 11) is 0. The Morgan fingerprint density at radius 2 is 1.74 bits per heavy atom. The molecule has 2 aromatic carbocycles. The quantitative estimate of drug-likeness (QED) is 0.819. The summed E-state index contributed by atoms with van der Waals surface area (Å²) in [6.07, 6.45) is 2.38. The Labute approximate surface area is 160 Å². The van der Waals surface area contributed by atoms with Crippen molar-refractivity contribution in [2.45, 2.75) is 25.4 Å². The number of carbonyl (C=O) groups excluding carboxylic acids is 1. The molecule has 1 heterocycles. The van der Waals surface area contributed by atoms with Crippen LogP contribution in [0.4, 0.5) is 11.4 Å². The van der Waals surface area contributed by atoms with Gasteiger partial charge in [0.2, 0.25) is 5.91 Å². The lowest BCUT2D eigenvalue weighted by Crippen LogP contribution is -2.36. The number of benzene rings is 2. The van der Waals surface area contributed by atoms with Crippen LogP contribution in [0, 0.1) is 0 Å². The van der Waals surface area contributed by atoms with Gasteiger partial charge in [-0.2, -0.15) is 0 Å². The normalized spacial score (nSPS) is 17.1. The van der Waals surface area contributed by atoms with E-state index < -0.39 is 0 Å². The minimum Gasteiger partial charge on any atom is -0.378 e. The van der Waals surface area contributed by atoms with Gasteiger partial charge in [0.1, 0.15) is 0 Å². The van der Waals surface area contributed by atoms with Gasteiger partial charge in [-0.25, -0.2) is 0 Å². The summed E-state index contributed by atoms with van der Waals surface area (Å²) in [6.45, 7) is 4.65. The van der Waals surface area contributed by atoms with Crippen LogP contribution in [0.1, 0.15) is 18.4 Å². The highest BCUT2D eigenvalue weighted by atomic mass is 16.5. The number of rotatable bonds is 7. The predicted octanol–water partition coefficient (Wildman–Crippen LogP) is 3.13. The second-order valence-electron chi connectivity index (χ2n) is 7.32. The maximum absolute atomic E-state index is 12.6. The average Bonchev–Trinajstić information content (AvgIpc) is 3.55. The van der Waals surface area contributed by atoms with Gasteiger partial charge in [0, 0.05) is 37.1 Å². The molecule has 1 N–H and O–H groups in total. The van der Waals surface area contributed by atoms with Crippen LogP contribution in [0.5, 0.6) is 0 Å². The van der Waals surface area contributed by atoms with Crippen LogP contribution >= 0.6 is 0 Å². The first-order valence-corrected chi connectivity index (χ1v) is 9.78. The number of ether oxygens (including phenoxy) is 1. The van der Waals surface area contributed by atoms with Crippen molar-refractivity contribution in [1.82, 2.24) is 4.90 Å². The molecule has 1 aliphatic carbocycles. The van der Waals surface area contributed by atoms with Gasteiger partial charge in [0.15, 0.2) is 0 Å². The van der Waals surface area contributed by atoms with Crippen molar-refractivity contribution in [2.24, 2.45) is 0 Å². The molecule has 1 aliphatic heterocycles. The third-order valence-electron chi connectivity index (χ3n) is 5.17. The zero-order valence-electron chi connectivity index (χ0n) is 15.6. The van der Waals surface area contributed by atoms with E-state index in [-0.39, 0.29) is 5.91 Å². The van der Waals surface area contributed by atoms with Crippen LogP contribution in [0.15, 0.2) is 54.6 Å². The van der Waals surface area contributed by atoms with Crippen molar-refractivity contribution in [1.29, 1.82) is 0 Å². The summed E-state index contributed by atoms with van der Waals surface area (Å²) >= 11 is 0. The summed E-state index contributed by atoms with van der Waals surface area (Å²) in [5.41, 5.74) is 3.29. The number of carbonyl (C=O) groups is 1. The molecule has 0 unspecified atom stereocenters. The molecule has 1 saturated heterocycles. The van der Waals surface area contributed by atoms with E-state index in [0.29, 0.717) is 12.6 Å². The van der Waals surface area contributed by atoms with E-state index in [9.17, 15) is 4.79 Å². The molecular weight excluding hydrogens is 338 g/mol.